The average Bonchev–Trinajstić information content (AvgIpc) is 2.49. The van der Waals surface area contributed by atoms with E-state index in [4.69, 9.17) is 16.3 Å². The van der Waals surface area contributed by atoms with Crippen LogP contribution in [0.5, 0.6) is 5.75 Å². The Balaban J connectivity index is 2.16. The van der Waals surface area contributed by atoms with Gasteiger partial charge >= 0.3 is 0 Å². The first kappa shape index (κ1) is 15.2. The van der Waals surface area contributed by atoms with E-state index >= 15 is 0 Å². The summed E-state index contributed by atoms with van der Waals surface area (Å²) in [4.78, 5) is 2.20. The van der Waals surface area contributed by atoms with E-state index in [-0.39, 0.29) is 0 Å². The van der Waals surface area contributed by atoms with E-state index < -0.39 is 0 Å². The van der Waals surface area contributed by atoms with E-state index in [1.807, 2.05) is 37.4 Å². The molecular formula is C16H18ClNOS. The van der Waals surface area contributed by atoms with E-state index in [2.05, 4.69) is 24.4 Å². The van der Waals surface area contributed by atoms with Crippen molar-refractivity contribution in [2.45, 2.75) is 22.8 Å². The number of nitrogens with one attached hydrogen (secondary N) is 1. The molecule has 0 radical (unpaired) electrons. The third kappa shape index (κ3) is 3.69. The summed E-state index contributed by atoms with van der Waals surface area (Å²) < 4.78 is 5.16. The average molecular weight is 308 g/mol. The van der Waals surface area contributed by atoms with E-state index in [1.165, 1.54) is 5.56 Å². The molecule has 2 aromatic carbocycles. The lowest BCUT2D eigenvalue weighted by atomic mass is 10.1. The third-order valence-electron chi connectivity index (χ3n) is 3.18. The SMILES string of the molecule is CNC(C)c1ccc(Sc2ccc(OC)cc2)c(Cl)c1. The molecule has 1 N–H and O–H groups in total. The molecule has 20 heavy (non-hydrogen) atoms. The summed E-state index contributed by atoms with van der Waals surface area (Å²) >= 11 is 8.02. The molecule has 2 nitrogen and oxygen atoms in total. The molecule has 0 saturated heterocycles. The quantitative estimate of drug-likeness (QED) is 0.859. The molecule has 2 aromatic rings. The molecule has 0 aromatic heterocycles. The molecule has 0 aliphatic carbocycles. The lowest BCUT2D eigenvalue weighted by Gasteiger charge is -2.12. The van der Waals surface area contributed by atoms with Gasteiger partial charge in [-0.3, -0.25) is 0 Å². The summed E-state index contributed by atoms with van der Waals surface area (Å²) in [5.41, 5.74) is 1.19. The van der Waals surface area contributed by atoms with Crippen LogP contribution in [0.15, 0.2) is 52.3 Å². The zero-order valence-electron chi connectivity index (χ0n) is 11.8. The zero-order chi connectivity index (χ0) is 14.5. The Kier molecular flexibility index (Phi) is 5.35. The highest BCUT2D eigenvalue weighted by molar-refractivity contribution is 7.99. The second-order valence-corrected chi connectivity index (χ2v) is 6.00. The second-order valence-electron chi connectivity index (χ2n) is 4.48. The summed E-state index contributed by atoms with van der Waals surface area (Å²) in [6, 6.07) is 14.5. The first-order chi connectivity index (χ1) is 9.63. The van der Waals surface area contributed by atoms with Crippen molar-refractivity contribution in [2.75, 3.05) is 14.2 Å². The molecule has 0 aliphatic heterocycles. The summed E-state index contributed by atoms with van der Waals surface area (Å²) in [5.74, 6) is 0.860. The van der Waals surface area contributed by atoms with Crippen molar-refractivity contribution >= 4 is 23.4 Å². The molecule has 0 heterocycles. The highest BCUT2D eigenvalue weighted by Crippen LogP contribution is 2.35. The summed E-state index contributed by atoms with van der Waals surface area (Å²) in [5, 5.41) is 3.99. The normalized spacial score (nSPS) is 12.2. The van der Waals surface area contributed by atoms with Crippen LogP contribution in [-0.2, 0) is 0 Å². The van der Waals surface area contributed by atoms with Crippen molar-refractivity contribution in [1.29, 1.82) is 0 Å². The van der Waals surface area contributed by atoms with Gasteiger partial charge in [-0.1, -0.05) is 29.4 Å². The van der Waals surface area contributed by atoms with Crippen LogP contribution < -0.4 is 10.1 Å². The van der Waals surface area contributed by atoms with Gasteiger partial charge in [-0.25, -0.2) is 0 Å². The van der Waals surface area contributed by atoms with Crippen molar-refractivity contribution < 1.29 is 4.74 Å². The largest absolute Gasteiger partial charge is 0.497 e. The van der Waals surface area contributed by atoms with Crippen molar-refractivity contribution in [1.82, 2.24) is 5.32 Å². The van der Waals surface area contributed by atoms with E-state index in [0.29, 0.717) is 6.04 Å². The number of hydrogen-bond donors (Lipinski definition) is 1. The van der Waals surface area contributed by atoms with Gasteiger partial charge in [0.05, 0.1) is 12.1 Å². The minimum Gasteiger partial charge on any atom is -0.497 e. The Bertz CT molecular complexity index is 571. The maximum Gasteiger partial charge on any atom is 0.118 e. The standard InChI is InChI=1S/C16H18ClNOS/c1-11(18-2)12-4-9-16(15(17)10-12)20-14-7-5-13(19-3)6-8-14/h4-11,18H,1-3H3. The lowest BCUT2D eigenvalue weighted by molar-refractivity contribution is 0.414. The molecule has 0 saturated carbocycles. The molecule has 0 aliphatic rings. The Morgan fingerprint density at radius 3 is 2.40 bits per heavy atom. The number of rotatable bonds is 5. The fourth-order valence-electron chi connectivity index (χ4n) is 1.81. The Labute approximate surface area is 129 Å². The number of benzene rings is 2. The van der Waals surface area contributed by atoms with Gasteiger partial charge < -0.3 is 10.1 Å². The van der Waals surface area contributed by atoms with Crippen LogP contribution in [0.1, 0.15) is 18.5 Å². The fourth-order valence-corrected chi connectivity index (χ4v) is 2.93. The number of halogens is 1. The van der Waals surface area contributed by atoms with Crippen LogP contribution in [-0.4, -0.2) is 14.2 Å². The molecule has 0 fully saturated rings. The number of methoxy groups -OCH3 is 1. The van der Waals surface area contributed by atoms with E-state index in [9.17, 15) is 0 Å². The van der Waals surface area contributed by atoms with E-state index in [1.54, 1.807) is 18.9 Å². The molecule has 106 valence electrons. The number of hydrogen-bond acceptors (Lipinski definition) is 3. The molecule has 4 heteroatoms. The van der Waals surface area contributed by atoms with Gasteiger partial charge in [-0.2, -0.15) is 0 Å². The maximum absolute atomic E-state index is 6.37. The zero-order valence-corrected chi connectivity index (χ0v) is 13.4. The fraction of sp³-hybridized carbons (Fsp3) is 0.250. The van der Waals surface area contributed by atoms with Gasteiger partial charge in [0.15, 0.2) is 0 Å². The molecule has 0 amide bonds. The summed E-state index contributed by atoms with van der Waals surface area (Å²) in [6.07, 6.45) is 0. The van der Waals surface area contributed by atoms with Crippen molar-refractivity contribution in [3.8, 4) is 5.75 Å². The van der Waals surface area contributed by atoms with Gasteiger partial charge in [-0.05, 0) is 55.9 Å². The minimum absolute atomic E-state index is 0.299. The molecule has 1 atom stereocenters. The second kappa shape index (κ2) is 7.02. The molecule has 2 rings (SSSR count). The topological polar surface area (TPSA) is 21.3 Å². The van der Waals surface area contributed by atoms with Gasteiger partial charge in [0, 0.05) is 15.8 Å². The van der Waals surface area contributed by atoms with Crippen LogP contribution in [0.3, 0.4) is 0 Å². The van der Waals surface area contributed by atoms with Crippen molar-refractivity contribution in [3.63, 3.8) is 0 Å². The molecule has 1 unspecified atom stereocenters. The number of ether oxygens (including phenoxy) is 1. The first-order valence-electron chi connectivity index (χ1n) is 6.42. The van der Waals surface area contributed by atoms with Crippen LogP contribution >= 0.6 is 23.4 Å². The van der Waals surface area contributed by atoms with Crippen molar-refractivity contribution in [3.05, 3.63) is 53.1 Å². The molecule has 0 bridgehead atoms. The van der Waals surface area contributed by atoms with Crippen LogP contribution in [0, 0.1) is 0 Å². The predicted molar refractivity (Wildman–Crippen MR) is 86.0 cm³/mol. The van der Waals surface area contributed by atoms with Gasteiger partial charge in [0.25, 0.3) is 0 Å². The van der Waals surface area contributed by atoms with Crippen LogP contribution in [0.2, 0.25) is 5.02 Å². The van der Waals surface area contributed by atoms with Gasteiger partial charge in [0.2, 0.25) is 0 Å². The summed E-state index contributed by atoms with van der Waals surface area (Å²) in [7, 11) is 3.61. The predicted octanol–water partition coefficient (Wildman–Crippen LogP) is 4.78. The monoisotopic (exact) mass is 307 g/mol. The minimum atomic E-state index is 0.299. The smallest absolute Gasteiger partial charge is 0.118 e. The van der Waals surface area contributed by atoms with Gasteiger partial charge in [0.1, 0.15) is 5.75 Å². The van der Waals surface area contributed by atoms with Crippen molar-refractivity contribution in [2.24, 2.45) is 0 Å². The Hall–Kier alpha value is -1.16. The molecular weight excluding hydrogens is 290 g/mol. The van der Waals surface area contributed by atoms with Gasteiger partial charge in [-0.15, -0.1) is 0 Å². The highest BCUT2D eigenvalue weighted by atomic mass is 35.5. The van der Waals surface area contributed by atoms with Crippen LogP contribution in [0.4, 0.5) is 0 Å². The highest BCUT2D eigenvalue weighted by Gasteiger charge is 2.08. The first-order valence-corrected chi connectivity index (χ1v) is 7.62. The van der Waals surface area contributed by atoms with E-state index in [0.717, 1.165) is 20.6 Å². The molecule has 0 spiro atoms. The maximum atomic E-state index is 6.37. The Morgan fingerprint density at radius 1 is 1.15 bits per heavy atom. The lowest BCUT2D eigenvalue weighted by Crippen LogP contribution is -2.12. The third-order valence-corrected chi connectivity index (χ3v) is 4.68. The summed E-state index contributed by atoms with van der Waals surface area (Å²) in [6.45, 7) is 2.11. The van der Waals surface area contributed by atoms with Crippen LogP contribution in [0.25, 0.3) is 0 Å². The Morgan fingerprint density at radius 2 is 1.85 bits per heavy atom.